The topological polar surface area (TPSA) is 56.2 Å². The number of benzene rings is 1. The fraction of sp³-hybridized carbons (Fsp3) is 0.412. The molecule has 0 aliphatic carbocycles. The first kappa shape index (κ1) is 14.3. The molecule has 6 heteroatoms. The molecule has 3 aromatic rings. The van der Waals surface area contributed by atoms with E-state index in [9.17, 15) is 4.79 Å². The molecular weight excluding hydrogens is 292 g/mol. The van der Waals surface area contributed by atoms with Crippen LogP contribution in [0.3, 0.4) is 0 Å². The number of rotatable bonds is 3. The smallest absolute Gasteiger partial charge is 0.408 e. The second-order valence-electron chi connectivity index (χ2n) is 6.26. The monoisotopic (exact) mass is 312 g/mol. The summed E-state index contributed by atoms with van der Waals surface area (Å²) in [6.45, 7) is 2.78. The van der Waals surface area contributed by atoms with Gasteiger partial charge in [0.1, 0.15) is 0 Å². The quantitative estimate of drug-likeness (QED) is 0.744. The van der Waals surface area contributed by atoms with Gasteiger partial charge >= 0.3 is 5.76 Å². The molecule has 1 saturated heterocycles. The van der Waals surface area contributed by atoms with Crippen LogP contribution in [0.15, 0.2) is 45.9 Å². The first-order valence-corrected chi connectivity index (χ1v) is 8.00. The van der Waals surface area contributed by atoms with Crippen molar-refractivity contribution in [1.82, 2.24) is 19.2 Å². The van der Waals surface area contributed by atoms with Crippen molar-refractivity contribution in [1.29, 1.82) is 0 Å². The Morgan fingerprint density at radius 3 is 3.04 bits per heavy atom. The Morgan fingerprint density at radius 2 is 2.22 bits per heavy atom. The molecule has 1 atom stereocenters. The Balaban J connectivity index is 1.59. The summed E-state index contributed by atoms with van der Waals surface area (Å²) in [5, 5.41) is 4.23. The molecule has 0 N–H and O–H groups in total. The van der Waals surface area contributed by atoms with E-state index in [0.717, 1.165) is 38.0 Å². The van der Waals surface area contributed by atoms with Gasteiger partial charge in [0.2, 0.25) is 0 Å². The van der Waals surface area contributed by atoms with Crippen LogP contribution in [0.25, 0.3) is 11.1 Å². The van der Waals surface area contributed by atoms with Crippen LogP contribution < -0.4 is 5.76 Å². The summed E-state index contributed by atoms with van der Waals surface area (Å²) >= 11 is 0. The van der Waals surface area contributed by atoms with Crippen molar-refractivity contribution >= 4 is 11.1 Å². The number of aryl methyl sites for hydroxylation is 1. The van der Waals surface area contributed by atoms with Crippen molar-refractivity contribution in [3.05, 3.63) is 52.8 Å². The second-order valence-corrected chi connectivity index (χ2v) is 6.26. The highest BCUT2D eigenvalue weighted by Crippen LogP contribution is 2.25. The van der Waals surface area contributed by atoms with Crippen molar-refractivity contribution in [2.45, 2.75) is 25.4 Å². The Kier molecular flexibility index (Phi) is 3.53. The maximum Gasteiger partial charge on any atom is 0.420 e. The number of hydrogen-bond acceptors (Lipinski definition) is 4. The predicted octanol–water partition coefficient (Wildman–Crippen LogP) is 2.17. The number of para-hydroxylation sites is 2. The van der Waals surface area contributed by atoms with E-state index in [-0.39, 0.29) is 11.8 Å². The molecule has 120 valence electrons. The number of likely N-dealkylation sites (tertiary alicyclic amines) is 1. The highest BCUT2D eigenvalue weighted by atomic mass is 16.4. The van der Waals surface area contributed by atoms with Crippen LogP contribution in [-0.4, -0.2) is 32.3 Å². The van der Waals surface area contributed by atoms with Gasteiger partial charge in [0.05, 0.1) is 17.8 Å². The zero-order chi connectivity index (χ0) is 15.8. The third-order valence-electron chi connectivity index (χ3n) is 4.53. The lowest BCUT2D eigenvalue weighted by atomic mass is 10.0. The minimum absolute atomic E-state index is 0.163. The average Bonchev–Trinajstić information content (AvgIpc) is 3.09. The third-order valence-corrected chi connectivity index (χ3v) is 4.53. The van der Waals surface area contributed by atoms with Crippen molar-refractivity contribution in [2.24, 2.45) is 7.05 Å². The second kappa shape index (κ2) is 5.70. The summed E-state index contributed by atoms with van der Waals surface area (Å²) in [6, 6.07) is 7.82. The third kappa shape index (κ3) is 2.70. The summed E-state index contributed by atoms with van der Waals surface area (Å²) in [7, 11) is 1.93. The van der Waals surface area contributed by atoms with Gasteiger partial charge in [0.15, 0.2) is 5.58 Å². The van der Waals surface area contributed by atoms with Gasteiger partial charge in [-0.3, -0.25) is 14.1 Å². The fourth-order valence-electron chi connectivity index (χ4n) is 3.53. The van der Waals surface area contributed by atoms with Gasteiger partial charge in [0, 0.05) is 31.9 Å². The zero-order valence-corrected chi connectivity index (χ0v) is 13.2. The molecule has 4 rings (SSSR count). The molecule has 1 aromatic carbocycles. The number of hydrogen-bond donors (Lipinski definition) is 0. The number of nitrogens with zero attached hydrogens (tertiary/aromatic N) is 4. The molecule has 0 spiro atoms. The van der Waals surface area contributed by atoms with Crippen LogP contribution in [0.2, 0.25) is 0 Å². The zero-order valence-electron chi connectivity index (χ0n) is 13.2. The Hall–Kier alpha value is -2.34. The Labute approximate surface area is 133 Å². The summed E-state index contributed by atoms with van der Waals surface area (Å²) in [6.07, 6.45) is 6.04. The van der Waals surface area contributed by atoms with Crippen LogP contribution in [0.4, 0.5) is 0 Å². The van der Waals surface area contributed by atoms with Gasteiger partial charge in [-0.25, -0.2) is 4.79 Å². The molecule has 23 heavy (non-hydrogen) atoms. The normalized spacial score (nSPS) is 19.4. The molecular formula is C17H20N4O2. The number of fused-ring (bicyclic) bond motifs is 1. The fourth-order valence-corrected chi connectivity index (χ4v) is 3.53. The van der Waals surface area contributed by atoms with Crippen LogP contribution >= 0.6 is 0 Å². The van der Waals surface area contributed by atoms with Crippen LogP contribution in [0, 0.1) is 0 Å². The van der Waals surface area contributed by atoms with Crippen molar-refractivity contribution in [3.8, 4) is 0 Å². The van der Waals surface area contributed by atoms with Gasteiger partial charge in [-0.05, 0) is 31.5 Å². The van der Waals surface area contributed by atoms with Crippen molar-refractivity contribution in [2.75, 3.05) is 13.1 Å². The lowest BCUT2D eigenvalue weighted by Crippen LogP contribution is -2.38. The highest BCUT2D eigenvalue weighted by molar-refractivity contribution is 5.72. The maximum absolute atomic E-state index is 12.3. The van der Waals surface area contributed by atoms with Gasteiger partial charge in [-0.2, -0.15) is 5.10 Å². The van der Waals surface area contributed by atoms with E-state index in [2.05, 4.69) is 10.00 Å². The van der Waals surface area contributed by atoms with E-state index in [1.807, 2.05) is 53.0 Å². The first-order chi connectivity index (χ1) is 11.2. The molecule has 0 bridgehead atoms. The molecule has 0 saturated carbocycles. The minimum Gasteiger partial charge on any atom is -0.408 e. The number of aromatic nitrogens is 3. The predicted molar refractivity (Wildman–Crippen MR) is 87.2 cm³/mol. The molecule has 1 fully saturated rings. The first-order valence-electron chi connectivity index (χ1n) is 8.00. The van der Waals surface area contributed by atoms with E-state index in [0.29, 0.717) is 5.58 Å². The molecule has 0 unspecified atom stereocenters. The molecule has 1 aliphatic heterocycles. The standard InChI is InChI=1S/C17H20N4O2/c1-19-10-13(9-18-19)11-20-8-4-5-14(12-20)21-15-6-2-3-7-16(15)23-17(21)22/h2-3,6-7,9-10,14H,4-5,8,11-12H2,1H3/t14-/m1/s1. The summed E-state index contributed by atoms with van der Waals surface area (Å²) < 4.78 is 9.03. The summed E-state index contributed by atoms with van der Waals surface area (Å²) in [4.78, 5) is 14.7. The number of piperidine rings is 1. The molecule has 3 heterocycles. The van der Waals surface area contributed by atoms with Crippen molar-refractivity contribution < 1.29 is 4.42 Å². The van der Waals surface area contributed by atoms with Gasteiger partial charge < -0.3 is 4.42 Å². The summed E-state index contributed by atoms with van der Waals surface area (Å²) in [5.41, 5.74) is 2.77. The van der Waals surface area contributed by atoms with Gasteiger partial charge in [0.25, 0.3) is 0 Å². The van der Waals surface area contributed by atoms with E-state index < -0.39 is 0 Å². The molecule has 0 amide bonds. The Bertz CT molecular complexity index is 876. The van der Waals surface area contributed by atoms with E-state index >= 15 is 0 Å². The lowest BCUT2D eigenvalue weighted by molar-refractivity contribution is 0.168. The summed E-state index contributed by atoms with van der Waals surface area (Å²) in [5.74, 6) is -0.251. The number of oxazole rings is 1. The van der Waals surface area contributed by atoms with Crippen LogP contribution in [0.5, 0.6) is 0 Å². The molecule has 1 aliphatic rings. The van der Waals surface area contributed by atoms with Gasteiger partial charge in [-0.1, -0.05) is 12.1 Å². The van der Waals surface area contributed by atoms with Gasteiger partial charge in [-0.15, -0.1) is 0 Å². The Morgan fingerprint density at radius 1 is 1.35 bits per heavy atom. The van der Waals surface area contributed by atoms with Crippen LogP contribution in [-0.2, 0) is 13.6 Å². The SMILES string of the molecule is Cn1cc(CN2CCC[C@@H](n3c(=O)oc4ccccc43)C2)cn1. The van der Waals surface area contributed by atoms with Crippen molar-refractivity contribution in [3.63, 3.8) is 0 Å². The minimum atomic E-state index is -0.251. The largest absolute Gasteiger partial charge is 0.420 e. The van der Waals surface area contributed by atoms with Crippen LogP contribution in [0.1, 0.15) is 24.4 Å². The lowest BCUT2D eigenvalue weighted by Gasteiger charge is -2.32. The van der Waals surface area contributed by atoms with E-state index in [4.69, 9.17) is 4.42 Å². The molecule has 2 aromatic heterocycles. The highest BCUT2D eigenvalue weighted by Gasteiger charge is 2.25. The average molecular weight is 312 g/mol. The molecule has 0 radical (unpaired) electrons. The molecule has 6 nitrogen and oxygen atoms in total. The van der Waals surface area contributed by atoms with E-state index in [1.165, 1.54) is 5.56 Å². The maximum atomic E-state index is 12.3. The van der Waals surface area contributed by atoms with E-state index in [1.54, 1.807) is 0 Å².